The van der Waals surface area contributed by atoms with E-state index in [1.165, 1.54) is 0 Å². The summed E-state index contributed by atoms with van der Waals surface area (Å²) in [6, 6.07) is 0.912. The van der Waals surface area contributed by atoms with Gasteiger partial charge >= 0.3 is 6.18 Å². The minimum absolute atomic E-state index is 0.00537. The molecule has 140 valence electrons. The molecule has 0 saturated carbocycles. The molecule has 0 radical (unpaired) electrons. The highest BCUT2D eigenvalue weighted by molar-refractivity contribution is 6.33. The number of aromatic nitrogens is 1. The highest BCUT2D eigenvalue weighted by Gasteiger charge is 2.32. The zero-order valence-electron chi connectivity index (χ0n) is 14.6. The van der Waals surface area contributed by atoms with Gasteiger partial charge in [-0.25, -0.2) is 4.98 Å². The summed E-state index contributed by atoms with van der Waals surface area (Å²) in [6.45, 7) is 7.36. The van der Waals surface area contributed by atoms with Gasteiger partial charge in [0.05, 0.1) is 10.6 Å². The van der Waals surface area contributed by atoms with Gasteiger partial charge in [-0.2, -0.15) is 13.2 Å². The van der Waals surface area contributed by atoms with Crippen molar-refractivity contribution in [2.45, 2.75) is 39.8 Å². The van der Waals surface area contributed by atoms with E-state index < -0.39 is 17.2 Å². The Morgan fingerprint density at radius 2 is 2.08 bits per heavy atom. The van der Waals surface area contributed by atoms with Crippen LogP contribution < -0.4 is 10.2 Å². The first-order valence-corrected chi connectivity index (χ1v) is 8.62. The average molecular weight is 378 g/mol. The van der Waals surface area contributed by atoms with Gasteiger partial charge in [0.25, 0.3) is 0 Å². The Kier molecular flexibility index (Phi) is 5.86. The molecule has 0 aliphatic carbocycles. The summed E-state index contributed by atoms with van der Waals surface area (Å²) >= 11 is 6.03. The summed E-state index contributed by atoms with van der Waals surface area (Å²) in [6.07, 6.45) is -1.84. The number of nitrogens with zero attached hydrogens (tertiary/aromatic N) is 2. The fourth-order valence-electron chi connectivity index (χ4n) is 2.74. The first-order chi connectivity index (χ1) is 11.5. The van der Waals surface area contributed by atoms with E-state index in [2.05, 4.69) is 10.3 Å². The number of nitrogens with one attached hydrogen (secondary N) is 1. The molecular formula is C17H23ClF3N3O. The van der Waals surface area contributed by atoms with E-state index >= 15 is 0 Å². The molecule has 0 bridgehead atoms. The lowest BCUT2D eigenvalue weighted by Crippen LogP contribution is -2.43. The molecule has 1 fully saturated rings. The monoisotopic (exact) mass is 377 g/mol. The third kappa shape index (κ3) is 5.23. The van der Waals surface area contributed by atoms with Crippen LogP contribution in [0.4, 0.5) is 19.0 Å². The van der Waals surface area contributed by atoms with Crippen LogP contribution in [0, 0.1) is 11.3 Å². The molecule has 1 aromatic heterocycles. The van der Waals surface area contributed by atoms with Crippen LogP contribution in [0.2, 0.25) is 5.02 Å². The van der Waals surface area contributed by atoms with Crippen molar-refractivity contribution in [2.24, 2.45) is 11.3 Å². The Balaban J connectivity index is 2.02. The molecule has 0 aromatic carbocycles. The Labute approximate surface area is 150 Å². The number of piperidine rings is 1. The molecule has 1 aromatic rings. The highest BCUT2D eigenvalue weighted by Crippen LogP contribution is 2.34. The normalized spacial score (nSPS) is 19.0. The van der Waals surface area contributed by atoms with E-state index in [1.54, 1.807) is 0 Å². The average Bonchev–Trinajstić information content (AvgIpc) is 2.51. The largest absolute Gasteiger partial charge is 0.417 e. The molecule has 25 heavy (non-hydrogen) atoms. The molecular weight excluding hydrogens is 355 g/mol. The molecule has 1 aliphatic rings. The second-order valence-electron chi connectivity index (χ2n) is 7.44. The van der Waals surface area contributed by atoms with E-state index in [9.17, 15) is 18.0 Å². The second-order valence-corrected chi connectivity index (χ2v) is 7.85. The van der Waals surface area contributed by atoms with Crippen LogP contribution in [0.5, 0.6) is 0 Å². The molecule has 0 spiro atoms. The lowest BCUT2D eigenvalue weighted by Gasteiger charge is -2.34. The number of carbonyl (C=O) groups excluding carboxylic acids is 1. The van der Waals surface area contributed by atoms with Crippen molar-refractivity contribution < 1.29 is 18.0 Å². The van der Waals surface area contributed by atoms with Crippen LogP contribution in [0.15, 0.2) is 12.3 Å². The Bertz CT molecular complexity index is 629. The van der Waals surface area contributed by atoms with E-state index in [0.29, 0.717) is 25.5 Å². The van der Waals surface area contributed by atoms with Gasteiger partial charge in [-0.15, -0.1) is 0 Å². The van der Waals surface area contributed by atoms with Crippen molar-refractivity contribution in [3.05, 3.63) is 22.8 Å². The predicted molar refractivity (Wildman–Crippen MR) is 91.7 cm³/mol. The highest BCUT2D eigenvalue weighted by atomic mass is 35.5. The maximum Gasteiger partial charge on any atom is 0.417 e. The maximum atomic E-state index is 12.7. The second kappa shape index (κ2) is 7.40. The van der Waals surface area contributed by atoms with Crippen molar-refractivity contribution in [3.8, 4) is 0 Å². The molecule has 1 aliphatic heterocycles. The number of pyridine rings is 1. The SMILES string of the molecule is CC(C)(C)C(=O)NCC1CCCN(c2ncc(C(F)(F)F)cc2Cl)C1. The van der Waals surface area contributed by atoms with E-state index in [4.69, 9.17) is 11.6 Å². The standard InChI is InChI=1S/C17H23ClF3N3O/c1-16(2,3)15(25)23-8-11-5-4-6-24(10-11)14-13(18)7-12(9-22-14)17(19,20)21/h7,9,11H,4-6,8,10H2,1-3H3,(H,23,25). The Morgan fingerprint density at radius 3 is 2.64 bits per heavy atom. The van der Waals surface area contributed by atoms with Gasteiger partial charge in [0, 0.05) is 31.2 Å². The number of halogens is 4. The van der Waals surface area contributed by atoms with Gasteiger partial charge < -0.3 is 10.2 Å². The van der Waals surface area contributed by atoms with E-state index in [1.807, 2.05) is 25.7 Å². The lowest BCUT2D eigenvalue weighted by atomic mass is 9.94. The van der Waals surface area contributed by atoms with Crippen molar-refractivity contribution in [1.82, 2.24) is 10.3 Å². The maximum absolute atomic E-state index is 12.7. The quantitative estimate of drug-likeness (QED) is 0.861. The minimum atomic E-state index is -4.46. The zero-order valence-corrected chi connectivity index (χ0v) is 15.3. The summed E-state index contributed by atoms with van der Waals surface area (Å²) in [5.41, 5.74) is -1.31. The minimum Gasteiger partial charge on any atom is -0.355 e. The van der Waals surface area contributed by atoms with Gasteiger partial charge in [0.15, 0.2) is 0 Å². The number of rotatable bonds is 3. The molecule has 2 rings (SSSR count). The molecule has 1 N–H and O–H groups in total. The Hall–Kier alpha value is -1.50. The van der Waals surface area contributed by atoms with Crippen LogP contribution >= 0.6 is 11.6 Å². The third-order valence-electron chi connectivity index (χ3n) is 4.20. The molecule has 2 heterocycles. The van der Waals surface area contributed by atoms with Crippen molar-refractivity contribution in [3.63, 3.8) is 0 Å². The summed E-state index contributed by atoms with van der Waals surface area (Å²) in [5, 5.41) is 2.93. The van der Waals surface area contributed by atoms with Crippen molar-refractivity contribution in [1.29, 1.82) is 0 Å². The molecule has 1 amide bonds. The first-order valence-electron chi connectivity index (χ1n) is 8.24. The van der Waals surface area contributed by atoms with Gasteiger partial charge in [0.1, 0.15) is 5.82 Å². The van der Waals surface area contributed by atoms with E-state index in [-0.39, 0.29) is 16.8 Å². The number of hydrogen-bond donors (Lipinski definition) is 1. The molecule has 1 unspecified atom stereocenters. The summed E-state index contributed by atoms with van der Waals surface area (Å²) < 4.78 is 38.2. The predicted octanol–water partition coefficient (Wildman–Crippen LogP) is 4.13. The number of hydrogen-bond acceptors (Lipinski definition) is 3. The molecule has 1 atom stereocenters. The van der Waals surface area contributed by atoms with Gasteiger partial charge in [-0.3, -0.25) is 4.79 Å². The molecule has 1 saturated heterocycles. The van der Waals surface area contributed by atoms with Crippen LogP contribution in [-0.2, 0) is 11.0 Å². The van der Waals surface area contributed by atoms with Gasteiger partial charge in [0.2, 0.25) is 5.91 Å². The number of alkyl halides is 3. The van der Waals surface area contributed by atoms with Crippen LogP contribution in [0.3, 0.4) is 0 Å². The van der Waals surface area contributed by atoms with Crippen molar-refractivity contribution >= 4 is 23.3 Å². The zero-order chi connectivity index (χ0) is 18.8. The number of anilines is 1. The summed E-state index contributed by atoms with van der Waals surface area (Å²) in [5.74, 6) is 0.553. The number of carbonyl (C=O) groups is 1. The lowest BCUT2D eigenvalue weighted by molar-refractivity contribution is -0.137. The van der Waals surface area contributed by atoms with Gasteiger partial charge in [-0.05, 0) is 24.8 Å². The smallest absolute Gasteiger partial charge is 0.355 e. The Morgan fingerprint density at radius 1 is 1.40 bits per heavy atom. The molecule has 8 heteroatoms. The topological polar surface area (TPSA) is 45.2 Å². The van der Waals surface area contributed by atoms with Crippen LogP contribution in [0.1, 0.15) is 39.2 Å². The van der Waals surface area contributed by atoms with Crippen molar-refractivity contribution in [2.75, 3.05) is 24.5 Å². The number of amides is 1. The fraction of sp³-hybridized carbons (Fsp3) is 0.647. The van der Waals surface area contributed by atoms with Crippen LogP contribution in [0.25, 0.3) is 0 Å². The van der Waals surface area contributed by atoms with Gasteiger partial charge in [-0.1, -0.05) is 32.4 Å². The first kappa shape index (κ1) is 19.8. The molecule has 4 nitrogen and oxygen atoms in total. The summed E-state index contributed by atoms with van der Waals surface area (Å²) in [4.78, 5) is 17.8. The fourth-order valence-corrected chi connectivity index (χ4v) is 3.03. The summed E-state index contributed by atoms with van der Waals surface area (Å²) in [7, 11) is 0. The van der Waals surface area contributed by atoms with Crippen LogP contribution in [-0.4, -0.2) is 30.5 Å². The third-order valence-corrected chi connectivity index (χ3v) is 4.48. The van der Waals surface area contributed by atoms with E-state index in [0.717, 1.165) is 25.1 Å².